The minimum absolute atomic E-state index is 0.0262. The number of aryl methyl sites for hydroxylation is 1. The van der Waals surface area contributed by atoms with Crippen LogP contribution in [0.3, 0.4) is 0 Å². The molecule has 41 heavy (non-hydrogen) atoms. The van der Waals surface area contributed by atoms with Crippen LogP contribution in [0.1, 0.15) is 73.6 Å². The third kappa shape index (κ3) is 7.96. The summed E-state index contributed by atoms with van der Waals surface area (Å²) in [5, 5.41) is 6.62. The SMILES string of the molecule is CC(C)(C)c1ccc2ncc(NC(=O)c3coc([C@@H](CCc4ccc(F)cc4)NC(=O)[C@H](N)CCCN)n3)cc2c1. The number of rotatable bonds is 11. The molecular weight excluding hydrogens is 523 g/mol. The van der Waals surface area contributed by atoms with Crippen LogP contribution in [0, 0.1) is 5.82 Å². The number of hydrogen-bond donors (Lipinski definition) is 4. The van der Waals surface area contributed by atoms with Crippen molar-refractivity contribution in [3.63, 3.8) is 0 Å². The number of fused-ring (bicyclic) bond motifs is 1. The maximum atomic E-state index is 13.3. The van der Waals surface area contributed by atoms with Crippen molar-refractivity contribution in [2.75, 3.05) is 11.9 Å². The van der Waals surface area contributed by atoms with Crippen LogP contribution >= 0.6 is 0 Å². The molecule has 0 aliphatic carbocycles. The average Bonchev–Trinajstić information content (AvgIpc) is 3.44. The van der Waals surface area contributed by atoms with Gasteiger partial charge in [0.25, 0.3) is 5.91 Å². The van der Waals surface area contributed by atoms with Crippen molar-refractivity contribution in [3.05, 3.63) is 89.5 Å². The molecule has 2 heterocycles. The second-order valence-electron chi connectivity index (χ2n) is 11.2. The van der Waals surface area contributed by atoms with Gasteiger partial charge in [0, 0.05) is 5.39 Å². The van der Waals surface area contributed by atoms with Crippen molar-refractivity contribution in [2.45, 2.75) is 64.0 Å². The molecule has 2 aromatic carbocycles. The lowest BCUT2D eigenvalue weighted by Crippen LogP contribution is -2.42. The van der Waals surface area contributed by atoms with E-state index in [0.29, 0.717) is 37.9 Å². The molecule has 2 amide bonds. The zero-order valence-corrected chi connectivity index (χ0v) is 23.6. The average molecular weight is 561 g/mol. The van der Waals surface area contributed by atoms with Gasteiger partial charge in [-0.3, -0.25) is 14.6 Å². The Balaban J connectivity index is 1.50. The van der Waals surface area contributed by atoms with Crippen molar-refractivity contribution >= 4 is 28.4 Å². The van der Waals surface area contributed by atoms with Gasteiger partial charge in [-0.2, -0.15) is 0 Å². The number of carbonyl (C=O) groups is 2. The highest BCUT2D eigenvalue weighted by Crippen LogP contribution is 2.27. The molecule has 0 saturated heterocycles. The molecule has 0 bridgehead atoms. The van der Waals surface area contributed by atoms with E-state index in [-0.39, 0.29) is 28.7 Å². The van der Waals surface area contributed by atoms with Crippen molar-refractivity contribution in [1.82, 2.24) is 15.3 Å². The van der Waals surface area contributed by atoms with Crippen LogP contribution in [-0.4, -0.2) is 34.4 Å². The number of aromatic nitrogens is 2. The third-order valence-electron chi connectivity index (χ3n) is 6.87. The van der Waals surface area contributed by atoms with Gasteiger partial charge in [0.1, 0.15) is 18.1 Å². The first-order chi connectivity index (χ1) is 19.5. The van der Waals surface area contributed by atoms with Gasteiger partial charge in [-0.1, -0.05) is 39.0 Å². The summed E-state index contributed by atoms with van der Waals surface area (Å²) in [4.78, 5) is 34.7. The first-order valence-electron chi connectivity index (χ1n) is 13.7. The molecule has 2 aromatic heterocycles. The lowest BCUT2D eigenvalue weighted by molar-refractivity contribution is -0.123. The molecule has 0 aliphatic heterocycles. The fraction of sp³-hybridized carbons (Fsp3) is 0.355. The van der Waals surface area contributed by atoms with Crippen LogP contribution in [0.4, 0.5) is 10.1 Å². The van der Waals surface area contributed by atoms with Gasteiger partial charge in [0.05, 0.1) is 23.4 Å². The lowest BCUT2D eigenvalue weighted by atomic mass is 9.86. The number of carbonyl (C=O) groups excluding carboxylic acids is 2. The number of anilines is 1. The summed E-state index contributed by atoms with van der Waals surface area (Å²) < 4.78 is 19.0. The molecule has 0 unspecified atom stereocenters. The second kappa shape index (κ2) is 13.0. The van der Waals surface area contributed by atoms with Crippen molar-refractivity contribution in [3.8, 4) is 0 Å². The summed E-state index contributed by atoms with van der Waals surface area (Å²) in [6.45, 7) is 6.84. The van der Waals surface area contributed by atoms with Gasteiger partial charge in [-0.15, -0.1) is 0 Å². The van der Waals surface area contributed by atoms with E-state index in [1.807, 2.05) is 12.1 Å². The van der Waals surface area contributed by atoms with Crippen molar-refractivity contribution in [1.29, 1.82) is 0 Å². The minimum Gasteiger partial charge on any atom is -0.446 e. The Morgan fingerprint density at radius 1 is 1.07 bits per heavy atom. The maximum Gasteiger partial charge on any atom is 0.277 e. The summed E-state index contributed by atoms with van der Waals surface area (Å²) in [7, 11) is 0. The maximum absolute atomic E-state index is 13.3. The number of amides is 2. The summed E-state index contributed by atoms with van der Waals surface area (Å²) in [5.74, 6) is -1.01. The molecule has 6 N–H and O–H groups in total. The molecule has 2 atom stereocenters. The summed E-state index contributed by atoms with van der Waals surface area (Å²) in [6, 6.07) is 12.7. The van der Waals surface area contributed by atoms with E-state index in [9.17, 15) is 14.0 Å². The highest BCUT2D eigenvalue weighted by atomic mass is 19.1. The minimum atomic E-state index is -0.746. The van der Waals surface area contributed by atoms with E-state index in [2.05, 4.69) is 53.5 Å². The fourth-order valence-corrected chi connectivity index (χ4v) is 4.38. The molecule has 216 valence electrons. The van der Waals surface area contributed by atoms with Crippen molar-refractivity contribution < 1.29 is 18.4 Å². The fourth-order valence-electron chi connectivity index (χ4n) is 4.38. The number of nitrogens with zero attached hydrogens (tertiary/aromatic N) is 2. The van der Waals surface area contributed by atoms with E-state index < -0.39 is 18.0 Å². The summed E-state index contributed by atoms with van der Waals surface area (Å²) >= 11 is 0. The predicted octanol–water partition coefficient (Wildman–Crippen LogP) is 4.77. The van der Waals surface area contributed by atoms with Crippen LogP contribution < -0.4 is 22.1 Å². The highest BCUT2D eigenvalue weighted by molar-refractivity contribution is 6.03. The van der Waals surface area contributed by atoms with Crippen molar-refractivity contribution in [2.24, 2.45) is 11.5 Å². The van der Waals surface area contributed by atoms with E-state index in [1.54, 1.807) is 18.3 Å². The zero-order valence-electron chi connectivity index (χ0n) is 23.6. The van der Waals surface area contributed by atoms with E-state index in [0.717, 1.165) is 22.0 Å². The Bertz CT molecular complexity index is 1500. The Labute approximate surface area is 238 Å². The molecule has 0 saturated carbocycles. The number of nitrogens with one attached hydrogen (secondary N) is 2. The summed E-state index contributed by atoms with van der Waals surface area (Å²) in [5.41, 5.74) is 15.0. The largest absolute Gasteiger partial charge is 0.446 e. The Kier molecular flexibility index (Phi) is 9.46. The predicted molar refractivity (Wildman–Crippen MR) is 157 cm³/mol. The molecule has 0 radical (unpaired) electrons. The van der Waals surface area contributed by atoms with Gasteiger partial charge in [-0.25, -0.2) is 9.37 Å². The quantitative estimate of drug-likeness (QED) is 0.206. The van der Waals surface area contributed by atoms with Crippen LogP contribution in [-0.2, 0) is 16.6 Å². The highest BCUT2D eigenvalue weighted by Gasteiger charge is 2.25. The van der Waals surface area contributed by atoms with E-state index >= 15 is 0 Å². The first-order valence-corrected chi connectivity index (χ1v) is 13.7. The van der Waals surface area contributed by atoms with Crippen LogP contribution in [0.15, 0.2) is 65.4 Å². The number of halogens is 1. The molecular formula is C31H37FN6O3. The molecule has 0 spiro atoms. The number of pyridine rings is 1. The first kappa shape index (κ1) is 29.8. The van der Waals surface area contributed by atoms with Gasteiger partial charge < -0.3 is 26.5 Å². The molecule has 4 aromatic rings. The van der Waals surface area contributed by atoms with Gasteiger partial charge in [0.2, 0.25) is 11.8 Å². The van der Waals surface area contributed by atoms with Crippen LogP contribution in [0.5, 0.6) is 0 Å². The lowest BCUT2D eigenvalue weighted by Gasteiger charge is -2.19. The number of nitrogens with two attached hydrogens (primary N) is 2. The van der Waals surface area contributed by atoms with Gasteiger partial charge >= 0.3 is 0 Å². The topological polar surface area (TPSA) is 149 Å². The Hall–Kier alpha value is -4.15. The molecule has 9 nitrogen and oxygen atoms in total. The molecule has 10 heteroatoms. The zero-order chi connectivity index (χ0) is 29.6. The standard InChI is InChI=1S/C31H37FN6O3/c1-31(2,3)21-9-13-25-20(15-21)16-23(17-35-25)36-29(40)27-18-41-30(38-27)26(37-28(39)24(34)5-4-14-33)12-8-19-6-10-22(32)11-7-19/h6-7,9-11,13,15-18,24,26H,4-5,8,12,14,33-34H2,1-3H3,(H,36,40)(H,37,39)/t24-,26-/m1/s1. The Morgan fingerprint density at radius 3 is 2.54 bits per heavy atom. The monoisotopic (exact) mass is 560 g/mol. The molecule has 4 rings (SSSR count). The van der Waals surface area contributed by atoms with E-state index in [4.69, 9.17) is 15.9 Å². The van der Waals surface area contributed by atoms with E-state index in [1.165, 1.54) is 18.4 Å². The van der Waals surface area contributed by atoms with Crippen LogP contribution in [0.2, 0.25) is 0 Å². The Morgan fingerprint density at radius 2 is 1.83 bits per heavy atom. The number of hydrogen-bond acceptors (Lipinski definition) is 7. The second-order valence-corrected chi connectivity index (χ2v) is 11.2. The number of oxazole rings is 1. The third-order valence-corrected chi connectivity index (χ3v) is 6.87. The number of benzene rings is 2. The molecule has 0 fully saturated rings. The normalized spacial score (nSPS) is 13.1. The summed E-state index contributed by atoms with van der Waals surface area (Å²) in [6.07, 6.45) is 4.79. The van der Waals surface area contributed by atoms with Gasteiger partial charge in [0.15, 0.2) is 5.69 Å². The smallest absolute Gasteiger partial charge is 0.277 e. The molecule has 0 aliphatic rings. The van der Waals surface area contributed by atoms with Gasteiger partial charge in [-0.05, 0) is 79.1 Å². The van der Waals surface area contributed by atoms with Crippen LogP contribution in [0.25, 0.3) is 10.9 Å².